The summed E-state index contributed by atoms with van der Waals surface area (Å²) in [5, 5.41) is 0. The van der Waals surface area contributed by atoms with Gasteiger partial charge < -0.3 is 9.64 Å². The number of nitrogens with zero attached hydrogens (tertiary/aromatic N) is 2. The first-order valence-electron chi connectivity index (χ1n) is 8.35. The lowest BCUT2D eigenvalue weighted by molar-refractivity contribution is -0.118. The van der Waals surface area contributed by atoms with Crippen molar-refractivity contribution < 1.29 is 17.9 Å². The average Bonchev–Trinajstić information content (AvgIpc) is 2.97. The molecule has 1 amide bonds. The van der Waals surface area contributed by atoms with E-state index in [4.69, 9.17) is 4.74 Å². The van der Waals surface area contributed by atoms with Crippen LogP contribution in [0.1, 0.15) is 12.5 Å². The number of carbonyl (C=O) groups excluding carboxylic acids is 1. The zero-order valence-corrected chi connectivity index (χ0v) is 15.9. The van der Waals surface area contributed by atoms with Gasteiger partial charge >= 0.3 is 0 Å². The van der Waals surface area contributed by atoms with Crippen LogP contribution < -0.4 is 9.64 Å². The van der Waals surface area contributed by atoms with Crippen LogP contribution in [0.15, 0.2) is 53.4 Å². The number of methoxy groups -OCH3 is 1. The Hall–Kier alpha value is -2.38. The fourth-order valence-electron chi connectivity index (χ4n) is 3.22. The SMILES string of the molecule is COc1ccc(S(=O)(=O)N(C)CC(=O)N2c3ccccc3CC2C)cc1. The van der Waals surface area contributed by atoms with Crippen LogP contribution in [0.5, 0.6) is 5.75 Å². The average molecular weight is 374 g/mol. The minimum Gasteiger partial charge on any atom is -0.497 e. The number of para-hydroxylation sites is 1. The molecular formula is C19H22N2O4S. The highest BCUT2D eigenvalue weighted by atomic mass is 32.2. The van der Waals surface area contributed by atoms with Crippen molar-refractivity contribution in [2.75, 3.05) is 25.6 Å². The second-order valence-electron chi connectivity index (χ2n) is 6.38. The van der Waals surface area contributed by atoms with Crippen molar-refractivity contribution in [2.45, 2.75) is 24.3 Å². The van der Waals surface area contributed by atoms with Gasteiger partial charge in [-0.1, -0.05) is 18.2 Å². The Morgan fingerprint density at radius 2 is 1.85 bits per heavy atom. The van der Waals surface area contributed by atoms with E-state index >= 15 is 0 Å². The molecule has 1 atom stereocenters. The zero-order chi connectivity index (χ0) is 18.9. The van der Waals surface area contributed by atoms with Gasteiger partial charge in [-0.3, -0.25) is 4.79 Å². The van der Waals surface area contributed by atoms with Crippen LogP contribution in [-0.2, 0) is 21.2 Å². The van der Waals surface area contributed by atoms with Crippen LogP contribution in [0, 0.1) is 0 Å². The number of carbonyl (C=O) groups is 1. The van der Waals surface area contributed by atoms with Crippen LogP contribution in [0.2, 0.25) is 0 Å². The van der Waals surface area contributed by atoms with Gasteiger partial charge in [-0.25, -0.2) is 8.42 Å². The molecule has 138 valence electrons. The minimum absolute atomic E-state index is 0.0111. The van der Waals surface area contributed by atoms with Gasteiger partial charge in [-0.15, -0.1) is 0 Å². The lowest BCUT2D eigenvalue weighted by Crippen LogP contribution is -2.43. The number of sulfonamides is 1. The van der Waals surface area contributed by atoms with E-state index in [9.17, 15) is 13.2 Å². The van der Waals surface area contributed by atoms with Crippen molar-refractivity contribution in [1.29, 1.82) is 0 Å². The summed E-state index contributed by atoms with van der Waals surface area (Å²) >= 11 is 0. The number of rotatable bonds is 5. The van der Waals surface area contributed by atoms with Gasteiger partial charge in [0, 0.05) is 18.8 Å². The van der Waals surface area contributed by atoms with Crippen molar-refractivity contribution in [1.82, 2.24) is 4.31 Å². The smallest absolute Gasteiger partial charge is 0.243 e. The number of anilines is 1. The molecule has 0 radical (unpaired) electrons. The van der Waals surface area contributed by atoms with Crippen LogP contribution in [0.3, 0.4) is 0 Å². The number of hydrogen-bond donors (Lipinski definition) is 0. The predicted octanol–water partition coefficient (Wildman–Crippen LogP) is 2.29. The first-order valence-corrected chi connectivity index (χ1v) is 9.79. The van der Waals surface area contributed by atoms with Gasteiger partial charge in [0.2, 0.25) is 15.9 Å². The van der Waals surface area contributed by atoms with Crippen LogP contribution in [0.4, 0.5) is 5.69 Å². The molecule has 2 aromatic carbocycles. The molecular weight excluding hydrogens is 352 g/mol. The van der Waals surface area contributed by atoms with Crippen molar-refractivity contribution in [2.24, 2.45) is 0 Å². The van der Waals surface area contributed by atoms with E-state index in [1.165, 1.54) is 26.3 Å². The number of likely N-dealkylation sites (N-methyl/N-ethyl adjacent to an activating group) is 1. The van der Waals surface area contributed by atoms with Gasteiger partial charge in [0.15, 0.2) is 0 Å². The Morgan fingerprint density at radius 3 is 2.50 bits per heavy atom. The second-order valence-corrected chi connectivity index (χ2v) is 8.43. The Kier molecular flexibility index (Phi) is 5.02. The topological polar surface area (TPSA) is 66.9 Å². The number of benzene rings is 2. The van der Waals surface area contributed by atoms with Gasteiger partial charge in [0.05, 0.1) is 18.6 Å². The van der Waals surface area contributed by atoms with Crippen molar-refractivity contribution >= 4 is 21.6 Å². The summed E-state index contributed by atoms with van der Waals surface area (Å²) in [5.74, 6) is 0.340. The lowest BCUT2D eigenvalue weighted by Gasteiger charge is -2.25. The molecule has 0 fully saturated rings. The molecule has 6 nitrogen and oxygen atoms in total. The summed E-state index contributed by atoms with van der Waals surface area (Å²) in [4.78, 5) is 14.6. The standard InChI is InChI=1S/C19H22N2O4S/c1-14-12-15-6-4-5-7-18(15)21(14)19(22)13-20(2)26(23,24)17-10-8-16(25-3)9-11-17/h4-11,14H,12-13H2,1-3H3. The highest BCUT2D eigenvalue weighted by Crippen LogP contribution is 2.32. The molecule has 26 heavy (non-hydrogen) atoms. The predicted molar refractivity (Wildman–Crippen MR) is 99.9 cm³/mol. The minimum atomic E-state index is -3.75. The third-order valence-corrected chi connectivity index (χ3v) is 6.42. The van der Waals surface area contributed by atoms with Crippen molar-refractivity contribution in [3.05, 3.63) is 54.1 Å². The second kappa shape index (κ2) is 7.09. The van der Waals surface area contributed by atoms with Gasteiger partial charge in [-0.2, -0.15) is 4.31 Å². The van der Waals surface area contributed by atoms with Crippen molar-refractivity contribution in [3.8, 4) is 5.75 Å². The maximum Gasteiger partial charge on any atom is 0.243 e. The molecule has 1 aliphatic heterocycles. The quantitative estimate of drug-likeness (QED) is 0.805. The molecule has 0 aromatic heterocycles. The fraction of sp³-hybridized carbons (Fsp3) is 0.316. The summed E-state index contributed by atoms with van der Waals surface area (Å²) in [6.07, 6.45) is 0.775. The number of fused-ring (bicyclic) bond motifs is 1. The van der Waals surface area contributed by atoms with Crippen LogP contribution >= 0.6 is 0 Å². The monoisotopic (exact) mass is 374 g/mol. The summed E-state index contributed by atoms with van der Waals surface area (Å²) < 4.78 is 31.6. The summed E-state index contributed by atoms with van der Waals surface area (Å²) in [7, 11) is -0.815. The Morgan fingerprint density at radius 1 is 1.19 bits per heavy atom. The first kappa shape index (κ1) is 18.4. The van der Waals surface area contributed by atoms with Crippen LogP contribution in [0.25, 0.3) is 0 Å². The molecule has 3 rings (SSSR count). The number of amides is 1. The molecule has 0 spiro atoms. The summed E-state index contributed by atoms with van der Waals surface area (Å²) in [6, 6.07) is 13.9. The van der Waals surface area contributed by atoms with E-state index in [-0.39, 0.29) is 23.4 Å². The third kappa shape index (κ3) is 3.32. The molecule has 2 aromatic rings. The largest absolute Gasteiger partial charge is 0.497 e. The van der Waals surface area contributed by atoms with E-state index in [0.29, 0.717) is 5.75 Å². The third-order valence-electron chi connectivity index (χ3n) is 4.60. The van der Waals surface area contributed by atoms with E-state index in [1.807, 2.05) is 31.2 Å². The molecule has 0 saturated heterocycles. The Bertz CT molecular complexity index is 909. The maximum atomic E-state index is 12.8. The zero-order valence-electron chi connectivity index (χ0n) is 15.0. The highest BCUT2D eigenvalue weighted by Gasteiger charge is 2.33. The fourth-order valence-corrected chi connectivity index (χ4v) is 4.35. The molecule has 7 heteroatoms. The Labute approximate surface area is 154 Å². The maximum absolute atomic E-state index is 12.8. The molecule has 1 aliphatic rings. The number of ether oxygens (including phenoxy) is 1. The molecule has 1 heterocycles. The summed E-state index contributed by atoms with van der Waals surface area (Å²) in [5.41, 5.74) is 1.97. The van der Waals surface area contributed by atoms with E-state index in [0.717, 1.165) is 22.0 Å². The molecule has 0 saturated carbocycles. The van der Waals surface area contributed by atoms with Crippen molar-refractivity contribution in [3.63, 3.8) is 0 Å². The van der Waals surface area contributed by atoms with Gasteiger partial charge in [0.25, 0.3) is 0 Å². The van der Waals surface area contributed by atoms with E-state index in [2.05, 4.69) is 0 Å². The van der Waals surface area contributed by atoms with Gasteiger partial charge in [0.1, 0.15) is 5.75 Å². The Balaban J connectivity index is 1.78. The molecule has 0 N–H and O–H groups in total. The highest BCUT2D eigenvalue weighted by molar-refractivity contribution is 7.89. The molecule has 1 unspecified atom stereocenters. The summed E-state index contributed by atoms with van der Waals surface area (Å²) in [6.45, 7) is 1.75. The molecule has 0 bridgehead atoms. The van der Waals surface area contributed by atoms with E-state index in [1.54, 1.807) is 17.0 Å². The van der Waals surface area contributed by atoms with E-state index < -0.39 is 10.0 Å². The van der Waals surface area contributed by atoms with Crippen LogP contribution in [-0.4, -0.2) is 45.4 Å². The lowest BCUT2D eigenvalue weighted by atomic mass is 10.1. The molecule has 0 aliphatic carbocycles. The first-order chi connectivity index (χ1) is 12.3. The normalized spacial score (nSPS) is 16.6. The number of hydrogen-bond acceptors (Lipinski definition) is 4. The van der Waals surface area contributed by atoms with Gasteiger partial charge in [-0.05, 0) is 49.2 Å².